The van der Waals surface area contributed by atoms with Crippen LogP contribution in [0.4, 0.5) is 9.18 Å². The maximum atomic E-state index is 13.1. The van der Waals surface area contributed by atoms with Crippen molar-refractivity contribution in [3.05, 3.63) is 35.6 Å². The number of hydrogen-bond acceptors (Lipinski definition) is 3. The van der Waals surface area contributed by atoms with Crippen molar-refractivity contribution in [2.45, 2.75) is 6.61 Å². The molecule has 0 aliphatic heterocycles. The molecule has 0 saturated heterocycles. The summed E-state index contributed by atoms with van der Waals surface area (Å²) in [4.78, 5) is 11.0. The topological polar surface area (TPSA) is 64.3 Å². The molecule has 1 rings (SSSR count). The molecule has 0 aliphatic rings. The van der Waals surface area contributed by atoms with Crippen LogP contribution in [0.5, 0.6) is 0 Å². The van der Waals surface area contributed by atoms with Crippen LogP contribution < -0.4 is 11.1 Å². The highest BCUT2D eigenvalue weighted by Gasteiger charge is 2.04. The lowest BCUT2D eigenvalue weighted by atomic mass is 10.2. The molecule has 90 valence electrons. The van der Waals surface area contributed by atoms with E-state index in [0.29, 0.717) is 18.7 Å². The minimum absolute atomic E-state index is 0. The molecule has 4 nitrogen and oxygen atoms in total. The van der Waals surface area contributed by atoms with Gasteiger partial charge in [0.15, 0.2) is 0 Å². The van der Waals surface area contributed by atoms with Gasteiger partial charge in [-0.15, -0.1) is 12.4 Å². The van der Waals surface area contributed by atoms with E-state index >= 15 is 0 Å². The van der Waals surface area contributed by atoms with Crippen molar-refractivity contribution < 1.29 is 13.9 Å². The lowest BCUT2D eigenvalue weighted by molar-refractivity contribution is 0.138. The van der Waals surface area contributed by atoms with Gasteiger partial charge in [0.1, 0.15) is 12.4 Å². The third-order valence-corrected chi connectivity index (χ3v) is 1.73. The molecule has 0 heterocycles. The minimum atomic E-state index is -0.594. The molecule has 0 atom stereocenters. The predicted molar refractivity (Wildman–Crippen MR) is 60.9 cm³/mol. The molecule has 16 heavy (non-hydrogen) atoms. The number of halogens is 2. The van der Waals surface area contributed by atoms with Gasteiger partial charge in [0.25, 0.3) is 0 Å². The number of carbonyl (C=O) groups is 1. The Bertz CT molecular complexity index is 336. The number of nitrogens with one attached hydrogen (secondary N) is 1. The molecule has 0 aromatic heterocycles. The number of ether oxygens (including phenoxy) is 1. The Kier molecular flexibility index (Phi) is 7.24. The van der Waals surface area contributed by atoms with Gasteiger partial charge in [-0.25, -0.2) is 9.18 Å². The fourth-order valence-electron chi connectivity index (χ4n) is 0.984. The van der Waals surface area contributed by atoms with Crippen molar-refractivity contribution >= 4 is 18.5 Å². The van der Waals surface area contributed by atoms with E-state index < -0.39 is 6.09 Å². The molecule has 0 radical (unpaired) electrons. The highest BCUT2D eigenvalue weighted by molar-refractivity contribution is 5.85. The van der Waals surface area contributed by atoms with Crippen LogP contribution in [-0.2, 0) is 11.3 Å². The van der Waals surface area contributed by atoms with E-state index in [1.54, 1.807) is 18.2 Å². The van der Waals surface area contributed by atoms with Crippen LogP contribution in [0.15, 0.2) is 24.3 Å². The second kappa shape index (κ2) is 7.90. The lowest BCUT2D eigenvalue weighted by Gasteiger charge is -2.06. The van der Waals surface area contributed by atoms with Crippen LogP contribution in [-0.4, -0.2) is 19.2 Å². The largest absolute Gasteiger partial charge is 0.445 e. The molecule has 0 unspecified atom stereocenters. The number of alkyl carbamates (subject to hydrolysis) is 1. The molecular weight excluding hydrogens is 235 g/mol. The first kappa shape index (κ1) is 14.7. The van der Waals surface area contributed by atoms with Crippen molar-refractivity contribution in [3.8, 4) is 0 Å². The summed E-state index contributed by atoms with van der Waals surface area (Å²) >= 11 is 0. The zero-order valence-electron chi connectivity index (χ0n) is 8.61. The summed E-state index contributed by atoms with van der Waals surface area (Å²) in [5.74, 6) is -0.385. The molecule has 1 aromatic rings. The summed E-state index contributed by atoms with van der Waals surface area (Å²) in [7, 11) is 0. The molecule has 3 N–H and O–H groups in total. The second-order valence-corrected chi connectivity index (χ2v) is 2.88. The Balaban J connectivity index is 0.00000225. The Morgan fingerprint density at radius 3 is 2.75 bits per heavy atom. The van der Waals surface area contributed by atoms with Gasteiger partial charge in [0, 0.05) is 18.7 Å². The quantitative estimate of drug-likeness (QED) is 0.847. The summed E-state index contributed by atoms with van der Waals surface area (Å²) < 4.78 is 17.8. The standard InChI is InChI=1S/C10H13FN2O2.ClH/c11-9-4-2-1-3-8(9)7-15-10(14)13-6-5-12;/h1-4H,5-7,12H2,(H,13,14);1H. The molecule has 1 amide bonds. The molecule has 0 aliphatic carbocycles. The number of hydrogen-bond donors (Lipinski definition) is 2. The number of benzene rings is 1. The maximum absolute atomic E-state index is 13.1. The first-order valence-corrected chi connectivity index (χ1v) is 4.58. The van der Waals surface area contributed by atoms with Crippen molar-refractivity contribution in [1.82, 2.24) is 5.32 Å². The Morgan fingerprint density at radius 2 is 2.12 bits per heavy atom. The van der Waals surface area contributed by atoms with Crippen molar-refractivity contribution in [2.24, 2.45) is 5.73 Å². The molecule has 0 bridgehead atoms. The van der Waals surface area contributed by atoms with E-state index in [1.807, 2.05) is 0 Å². The van der Waals surface area contributed by atoms with E-state index in [4.69, 9.17) is 10.5 Å². The molecule has 6 heteroatoms. The fraction of sp³-hybridized carbons (Fsp3) is 0.300. The zero-order chi connectivity index (χ0) is 11.1. The van der Waals surface area contributed by atoms with Gasteiger partial charge in [-0.2, -0.15) is 0 Å². The van der Waals surface area contributed by atoms with Crippen LogP contribution in [0.3, 0.4) is 0 Å². The Hall–Kier alpha value is -1.33. The van der Waals surface area contributed by atoms with Gasteiger partial charge >= 0.3 is 6.09 Å². The molecule has 1 aromatic carbocycles. The van der Waals surface area contributed by atoms with Crippen LogP contribution >= 0.6 is 12.4 Å². The third kappa shape index (κ3) is 4.95. The van der Waals surface area contributed by atoms with Gasteiger partial charge < -0.3 is 15.8 Å². The Morgan fingerprint density at radius 1 is 1.44 bits per heavy atom. The van der Waals surface area contributed by atoms with Gasteiger partial charge in [0.05, 0.1) is 0 Å². The predicted octanol–water partition coefficient (Wildman–Crippen LogP) is 1.43. The highest BCUT2D eigenvalue weighted by Crippen LogP contribution is 2.07. The zero-order valence-corrected chi connectivity index (χ0v) is 9.43. The Labute approximate surface area is 99.4 Å². The molecule has 0 saturated carbocycles. The number of carbonyl (C=O) groups excluding carboxylic acids is 1. The first-order valence-electron chi connectivity index (χ1n) is 4.58. The van der Waals surface area contributed by atoms with Gasteiger partial charge in [0.2, 0.25) is 0 Å². The average Bonchev–Trinajstić information content (AvgIpc) is 2.25. The van der Waals surface area contributed by atoms with E-state index in [0.717, 1.165) is 0 Å². The van der Waals surface area contributed by atoms with Crippen LogP contribution in [0.1, 0.15) is 5.56 Å². The number of rotatable bonds is 4. The number of amides is 1. The van der Waals surface area contributed by atoms with E-state index in [9.17, 15) is 9.18 Å². The number of nitrogens with two attached hydrogens (primary N) is 1. The second-order valence-electron chi connectivity index (χ2n) is 2.88. The maximum Gasteiger partial charge on any atom is 0.407 e. The van der Waals surface area contributed by atoms with E-state index in [-0.39, 0.29) is 24.8 Å². The summed E-state index contributed by atoms with van der Waals surface area (Å²) in [5.41, 5.74) is 5.53. The smallest absolute Gasteiger partial charge is 0.407 e. The molecule has 0 spiro atoms. The fourth-order valence-corrected chi connectivity index (χ4v) is 0.984. The van der Waals surface area contributed by atoms with Crippen molar-refractivity contribution in [2.75, 3.05) is 13.1 Å². The lowest BCUT2D eigenvalue weighted by Crippen LogP contribution is -2.29. The molecular formula is C10H14ClFN2O2. The summed E-state index contributed by atoms with van der Waals surface area (Å²) in [5, 5.41) is 2.41. The highest BCUT2D eigenvalue weighted by atomic mass is 35.5. The van der Waals surface area contributed by atoms with E-state index in [1.165, 1.54) is 6.07 Å². The van der Waals surface area contributed by atoms with Crippen molar-refractivity contribution in [3.63, 3.8) is 0 Å². The normalized spacial score (nSPS) is 9.12. The van der Waals surface area contributed by atoms with Gasteiger partial charge in [-0.1, -0.05) is 18.2 Å². The van der Waals surface area contributed by atoms with Crippen LogP contribution in [0.25, 0.3) is 0 Å². The minimum Gasteiger partial charge on any atom is -0.445 e. The van der Waals surface area contributed by atoms with E-state index in [2.05, 4.69) is 5.32 Å². The van der Waals surface area contributed by atoms with Crippen molar-refractivity contribution in [1.29, 1.82) is 0 Å². The van der Waals surface area contributed by atoms with Gasteiger partial charge in [-0.05, 0) is 6.07 Å². The summed E-state index contributed by atoms with van der Waals surface area (Å²) in [6.07, 6.45) is -0.594. The monoisotopic (exact) mass is 248 g/mol. The summed E-state index contributed by atoms with van der Waals surface area (Å²) in [6.45, 7) is 0.605. The van der Waals surface area contributed by atoms with Crippen LogP contribution in [0.2, 0.25) is 0 Å². The first-order chi connectivity index (χ1) is 7.24. The third-order valence-electron chi connectivity index (χ3n) is 1.73. The summed E-state index contributed by atoms with van der Waals surface area (Å²) in [6, 6.07) is 6.13. The van der Waals surface area contributed by atoms with Crippen LogP contribution in [0, 0.1) is 5.82 Å². The van der Waals surface area contributed by atoms with Gasteiger partial charge in [-0.3, -0.25) is 0 Å². The molecule has 0 fully saturated rings. The average molecular weight is 249 g/mol. The SMILES string of the molecule is Cl.NCCNC(=O)OCc1ccccc1F.